The number of hydrogen-bond donors (Lipinski definition) is 2. The lowest BCUT2D eigenvalue weighted by molar-refractivity contribution is 0.107. The lowest BCUT2D eigenvalue weighted by Crippen LogP contribution is -2.39. The fourth-order valence-electron chi connectivity index (χ4n) is 1.40. The van der Waals surface area contributed by atoms with E-state index in [-0.39, 0.29) is 12.5 Å². The first kappa shape index (κ1) is 15.4. The van der Waals surface area contributed by atoms with Crippen molar-refractivity contribution in [1.82, 2.24) is 4.72 Å². The minimum atomic E-state index is -3.63. The second-order valence-corrected chi connectivity index (χ2v) is 5.89. The first-order valence-electron chi connectivity index (χ1n) is 5.45. The number of nitriles is 1. The minimum absolute atomic E-state index is 0.0271. The van der Waals surface area contributed by atoms with Gasteiger partial charge in [0.25, 0.3) is 0 Å². The highest BCUT2D eigenvalue weighted by Crippen LogP contribution is 2.12. The molecule has 2 N–H and O–H groups in total. The van der Waals surface area contributed by atoms with Crippen molar-refractivity contribution >= 4 is 10.0 Å². The van der Waals surface area contributed by atoms with Crippen molar-refractivity contribution in [2.45, 2.75) is 45.0 Å². The van der Waals surface area contributed by atoms with E-state index >= 15 is 0 Å². The van der Waals surface area contributed by atoms with Gasteiger partial charge < -0.3 is 5.11 Å². The lowest BCUT2D eigenvalue weighted by atomic mass is 9.97. The predicted molar refractivity (Wildman–Crippen MR) is 62.1 cm³/mol. The van der Waals surface area contributed by atoms with E-state index in [4.69, 9.17) is 5.26 Å². The van der Waals surface area contributed by atoms with Crippen LogP contribution in [0.2, 0.25) is 0 Å². The van der Waals surface area contributed by atoms with Crippen LogP contribution < -0.4 is 4.72 Å². The Kier molecular flexibility index (Phi) is 6.56. The van der Waals surface area contributed by atoms with Crippen LogP contribution in [0.1, 0.15) is 33.6 Å². The molecular formula is C10H20N2O3S. The third kappa shape index (κ3) is 4.47. The maximum atomic E-state index is 11.4. The molecule has 5 nitrogen and oxygen atoms in total. The summed E-state index contributed by atoms with van der Waals surface area (Å²) in [5.41, 5.74) is 0. The minimum Gasteiger partial charge on any atom is -0.391 e. The summed E-state index contributed by atoms with van der Waals surface area (Å²) in [5.74, 6) is 0.0834. The number of rotatable bonds is 7. The second-order valence-electron chi connectivity index (χ2n) is 3.81. The van der Waals surface area contributed by atoms with E-state index in [1.54, 1.807) is 6.07 Å². The maximum absolute atomic E-state index is 11.4. The summed E-state index contributed by atoms with van der Waals surface area (Å²) < 4.78 is 25.1. The van der Waals surface area contributed by atoms with E-state index < -0.39 is 21.4 Å². The van der Waals surface area contributed by atoms with Crippen molar-refractivity contribution < 1.29 is 13.5 Å². The summed E-state index contributed by atoms with van der Waals surface area (Å²) in [6.07, 6.45) is 0.899. The Hall–Kier alpha value is -0.640. The van der Waals surface area contributed by atoms with Crippen LogP contribution in [0.5, 0.6) is 0 Å². The highest BCUT2D eigenvalue weighted by molar-refractivity contribution is 7.90. The first-order chi connectivity index (χ1) is 7.38. The molecule has 16 heavy (non-hydrogen) atoms. The molecule has 0 spiro atoms. The SMILES string of the molecule is CCC(CC)C(O)CNS(=O)(=O)C(C)C#N. The van der Waals surface area contributed by atoms with E-state index in [2.05, 4.69) is 4.72 Å². The molecule has 0 bridgehead atoms. The fraction of sp³-hybridized carbons (Fsp3) is 0.900. The zero-order chi connectivity index (χ0) is 12.8. The van der Waals surface area contributed by atoms with E-state index in [1.807, 2.05) is 13.8 Å². The summed E-state index contributed by atoms with van der Waals surface area (Å²) in [6, 6.07) is 1.65. The molecule has 0 aromatic heterocycles. The predicted octanol–water partition coefficient (Wildman–Crippen LogP) is 0.615. The molecular weight excluding hydrogens is 228 g/mol. The van der Waals surface area contributed by atoms with Crippen molar-refractivity contribution in [3.63, 3.8) is 0 Å². The average molecular weight is 248 g/mol. The second kappa shape index (κ2) is 6.84. The van der Waals surface area contributed by atoms with Crippen LogP contribution in [0.4, 0.5) is 0 Å². The summed E-state index contributed by atoms with van der Waals surface area (Å²) in [4.78, 5) is 0. The Bertz CT molecular complexity index is 330. The number of nitrogens with one attached hydrogen (secondary N) is 1. The quantitative estimate of drug-likeness (QED) is 0.691. The zero-order valence-electron chi connectivity index (χ0n) is 9.97. The van der Waals surface area contributed by atoms with Gasteiger partial charge in [-0.15, -0.1) is 0 Å². The summed E-state index contributed by atoms with van der Waals surface area (Å²) in [6.45, 7) is 5.18. The standard InChI is InChI=1S/C10H20N2O3S/c1-4-9(5-2)10(13)7-12-16(14,15)8(3)6-11/h8-10,12-13H,4-5,7H2,1-3H3. The van der Waals surface area contributed by atoms with Gasteiger partial charge in [0.2, 0.25) is 10.0 Å². The topological polar surface area (TPSA) is 90.2 Å². The molecule has 0 radical (unpaired) electrons. The Labute approximate surface area is 97.5 Å². The number of sulfonamides is 1. The molecule has 0 aliphatic heterocycles. The Balaban J connectivity index is 4.31. The molecule has 0 fully saturated rings. The Morgan fingerprint density at radius 2 is 1.88 bits per heavy atom. The van der Waals surface area contributed by atoms with Gasteiger partial charge in [0.15, 0.2) is 5.25 Å². The van der Waals surface area contributed by atoms with Crippen LogP contribution in [0.3, 0.4) is 0 Å². The van der Waals surface area contributed by atoms with Gasteiger partial charge in [-0.25, -0.2) is 13.1 Å². The molecule has 0 aliphatic carbocycles. The summed E-state index contributed by atoms with van der Waals surface area (Å²) >= 11 is 0. The lowest BCUT2D eigenvalue weighted by Gasteiger charge is -2.20. The van der Waals surface area contributed by atoms with Crippen LogP contribution in [0.25, 0.3) is 0 Å². The van der Waals surface area contributed by atoms with Crippen LogP contribution in [-0.4, -0.2) is 31.4 Å². The zero-order valence-corrected chi connectivity index (χ0v) is 10.8. The van der Waals surface area contributed by atoms with E-state index in [0.29, 0.717) is 0 Å². The van der Waals surface area contributed by atoms with Crippen molar-refractivity contribution in [2.24, 2.45) is 5.92 Å². The van der Waals surface area contributed by atoms with Gasteiger partial charge in [0, 0.05) is 6.54 Å². The van der Waals surface area contributed by atoms with E-state index in [9.17, 15) is 13.5 Å². The highest BCUT2D eigenvalue weighted by atomic mass is 32.2. The van der Waals surface area contributed by atoms with Gasteiger partial charge in [-0.3, -0.25) is 0 Å². The molecule has 6 heteroatoms. The van der Waals surface area contributed by atoms with Gasteiger partial charge >= 0.3 is 0 Å². The Morgan fingerprint density at radius 3 is 2.25 bits per heavy atom. The average Bonchev–Trinajstić information content (AvgIpc) is 2.27. The van der Waals surface area contributed by atoms with Gasteiger partial charge in [-0.1, -0.05) is 26.7 Å². The van der Waals surface area contributed by atoms with Crippen LogP contribution in [0.15, 0.2) is 0 Å². The number of hydrogen-bond acceptors (Lipinski definition) is 4. The largest absolute Gasteiger partial charge is 0.391 e. The van der Waals surface area contributed by atoms with Gasteiger partial charge in [-0.2, -0.15) is 5.26 Å². The smallest absolute Gasteiger partial charge is 0.227 e. The molecule has 0 aliphatic rings. The van der Waals surface area contributed by atoms with Crippen LogP contribution in [-0.2, 0) is 10.0 Å². The van der Waals surface area contributed by atoms with Gasteiger partial charge in [-0.05, 0) is 12.8 Å². The Morgan fingerprint density at radius 1 is 1.38 bits per heavy atom. The molecule has 0 heterocycles. The van der Waals surface area contributed by atoms with E-state index in [0.717, 1.165) is 12.8 Å². The number of aliphatic hydroxyl groups is 1. The third-order valence-electron chi connectivity index (χ3n) is 2.73. The number of aliphatic hydroxyl groups excluding tert-OH is 1. The molecule has 0 amide bonds. The van der Waals surface area contributed by atoms with Gasteiger partial charge in [0.05, 0.1) is 12.2 Å². The molecule has 2 unspecified atom stereocenters. The fourth-order valence-corrected chi connectivity index (χ4v) is 2.19. The van der Waals surface area contributed by atoms with Crippen molar-refractivity contribution in [3.05, 3.63) is 0 Å². The number of nitrogens with zero attached hydrogens (tertiary/aromatic N) is 1. The molecule has 0 aromatic rings. The highest BCUT2D eigenvalue weighted by Gasteiger charge is 2.23. The first-order valence-corrected chi connectivity index (χ1v) is 6.99. The maximum Gasteiger partial charge on any atom is 0.227 e. The van der Waals surface area contributed by atoms with Gasteiger partial charge in [0.1, 0.15) is 0 Å². The molecule has 0 saturated heterocycles. The molecule has 94 valence electrons. The molecule has 2 atom stereocenters. The normalized spacial score (nSPS) is 15.8. The molecule has 0 aromatic carbocycles. The monoisotopic (exact) mass is 248 g/mol. The van der Waals surface area contributed by atoms with Crippen molar-refractivity contribution in [3.8, 4) is 6.07 Å². The third-order valence-corrected chi connectivity index (χ3v) is 4.34. The van der Waals surface area contributed by atoms with Crippen LogP contribution in [0, 0.1) is 17.2 Å². The van der Waals surface area contributed by atoms with Crippen molar-refractivity contribution in [1.29, 1.82) is 5.26 Å². The summed E-state index contributed by atoms with van der Waals surface area (Å²) in [5, 5.41) is 17.1. The van der Waals surface area contributed by atoms with Crippen molar-refractivity contribution in [2.75, 3.05) is 6.54 Å². The molecule has 0 rings (SSSR count). The molecule has 0 saturated carbocycles. The van der Waals surface area contributed by atoms with E-state index in [1.165, 1.54) is 6.92 Å². The summed E-state index contributed by atoms with van der Waals surface area (Å²) in [7, 11) is -3.63. The van der Waals surface area contributed by atoms with Crippen LogP contribution >= 0.6 is 0 Å².